The molecule has 0 unspecified atom stereocenters. The van der Waals surface area contributed by atoms with Crippen molar-refractivity contribution in [1.29, 1.82) is 0 Å². The Morgan fingerprint density at radius 1 is 1.19 bits per heavy atom. The zero-order chi connectivity index (χ0) is 18.9. The minimum Gasteiger partial charge on any atom is -0.353 e. The molecule has 2 fully saturated rings. The lowest BCUT2D eigenvalue weighted by Gasteiger charge is -2.39. The van der Waals surface area contributed by atoms with E-state index in [1.165, 1.54) is 37.1 Å². The summed E-state index contributed by atoms with van der Waals surface area (Å²) in [6.45, 7) is 7.41. The minimum atomic E-state index is -0.365. The second-order valence-corrected chi connectivity index (χ2v) is 8.60. The van der Waals surface area contributed by atoms with Gasteiger partial charge in [-0.25, -0.2) is 4.39 Å². The van der Waals surface area contributed by atoms with Crippen molar-refractivity contribution >= 4 is 11.8 Å². The number of carbonyl (C=O) groups excluding carboxylic acids is 2. The monoisotopic (exact) mass is 360 g/mol. The molecule has 0 spiro atoms. The third-order valence-corrected chi connectivity index (χ3v) is 7.10. The Labute approximate surface area is 154 Å². The number of rotatable bonds is 6. The Balaban J connectivity index is 1.40. The summed E-state index contributed by atoms with van der Waals surface area (Å²) in [5.41, 5.74) is 0.895. The molecule has 2 aliphatic rings. The molecule has 0 aliphatic heterocycles. The van der Waals surface area contributed by atoms with Crippen LogP contribution in [0, 0.1) is 22.6 Å². The average Bonchev–Trinajstić information content (AvgIpc) is 2.92. The van der Waals surface area contributed by atoms with Crippen LogP contribution < -0.4 is 10.6 Å². The Morgan fingerprint density at radius 3 is 2.46 bits per heavy atom. The summed E-state index contributed by atoms with van der Waals surface area (Å²) in [5, 5.41) is 6.01. The zero-order valence-corrected chi connectivity index (χ0v) is 15.9. The molecule has 0 saturated heterocycles. The van der Waals surface area contributed by atoms with Gasteiger partial charge >= 0.3 is 0 Å². The lowest BCUT2D eigenvalue weighted by atomic mass is 9.69. The summed E-state index contributed by atoms with van der Waals surface area (Å²) in [6.07, 6.45) is 4.53. The number of amides is 2. The molecule has 3 atom stereocenters. The zero-order valence-electron chi connectivity index (χ0n) is 15.9. The molecule has 2 saturated carbocycles. The van der Waals surface area contributed by atoms with E-state index >= 15 is 0 Å². The van der Waals surface area contributed by atoms with Gasteiger partial charge in [0, 0.05) is 24.6 Å². The number of carbonyl (C=O) groups is 2. The molecule has 1 aromatic rings. The van der Waals surface area contributed by atoms with Crippen LogP contribution >= 0.6 is 0 Å². The molecule has 1 aromatic carbocycles. The van der Waals surface area contributed by atoms with Crippen LogP contribution in [0.3, 0.4) is 0 Å². The van der Waals surface area contributed by atoms with Crippen LogP contribution in [0.4, 0.5) is 4.39 Å². The fourth-order valence-electron chi connectivity index (χ4n) is 4.84. The predicted molar refractivity (Wildman–Crippen MR) is 99.1 cm³/mol. The highest BCUT2D eigenvalue weighted by Gasteiger charge is 2.61. The molecule has 0 heterocycles. The van der Waals surface area contributed by atoms with Crippen molar-refractivity contribution in [3.8, 4) is 0 Å². The summed E-state index contributed by atoms with van der Waals surface area (Å²) in [4.78, 5) is 24.3. The Bertz CT molecular complexity index is 686. The molecular formula is C21H29FN2O2. The van der Waals surface area contributed by atoms with Gasteiger partial charge in [-0.05, 0) is 66.7 Å². The van der Waals surface area contributed by atoms with Crippen LogP contribution in [0.25, 0.3) is 0 Å². The maximum Gasteiger partial charge on any atom is 0.251 e. The van der Waals surface area contributed by atoms with Crippen LogP contribution in [0.5, 0.6) is 0 Å². The first-order valence-electron chi connectivity index (χ1n) is 9.57. The summed E-state index contributed by atoms with van der Waals surface area (Å²) in [6, 6.07) is 5.70. The number of halogens is 1. The standard InChI is InChI=1S/C21H29FN2O2/c1-20(2)15-10-11-21(20,3)17(13-15)24-18(25)5-4-12-23-19(26)14-6-8-16(22)9-7-14/h6-9,15,17H,4-5,10-13H2,1-3H3,(H,23,26)(H,24,25)/t15-,17-,21-/m0/s1. The SMILES string of the molecule is CC1(C)[C@H]2CC[C@@]1(C)[C@@H](NC(=O)CCCNC(=O)c1ccc(F)cc1)C2. The molecule has 5 heteroatoms. The average molecular weight is 360 g/mol. The highest BCUT2D eigenvalue weighted by molar-refractivity contribution is 5.94. The molecule has 2 N–H and O–H groups in total. The molecule has 3 rings (SSSR count). The van der Waals surface area contributed by atoms with Crippen molar-refractivity contribution in [1.82, 2.24) is 10.6 Å². The highest BCUT2D eigenvalue weighted by atomic mass is 19.1. The first-order valence-corrected chi connectivity index (χ1v) is 9.57. The molecule has 142 valence electrons. The molecule has 26 heavy (non-hydrogen) atoms. The Kier molecular flexibility index (Phi) is 5.09. The second-order valence-electron chi connectivity index (χ2n) is 8.60. The first kappa shape index (κ1) is 18.9. The van der Waals surface area contributed by atoms with Gasteiger partial charge in [0.15, 0.2) is 0 Å². The fraction of sp³-hybridized carbons (Fsp3) is 0.619. The summed E-state index contributed by atoms with van der Waals surface area (Å²) in [5.74, 6) is 0.159. The number of fused-ring (bicyclic) bond motifs is 2. The van der Waals surface area contributed by atoms with Gasteiger partial charge in [-0.2, -0.15) is 0 Å². The van der Waals surface area contributed by atoms with E-state index in [1.807, 2.05) is 0 Å². The van der Waals surface area contributed by atoms with Crippen molar-refractivity contribution < 1.29 is 14.0 Å². The predicted octanol–water partition coefficient (Wildman–Crippen LogP) is 3.67. The van der Waals surface area contributed by atoms with Crippen molar-refractivity contribution in [3.63, 3.8) is 0 Å². The Morgan fingerprint density at radius 2 is 1.88 bits per heavy atom. The van der Waals surface area contributed by atoms with Gasteiger partial charge < -0.3 is 10.6 Å². The molecule has 0 aromatic heterocycles. The summed E-state index contributed by atoms with van der Waals surface area (Å²) < 4.78 is 12.9. The van der Waals surface area contributed by atoms with Crippen molar-refractivity contribution in [2.24, 2.45) is 16.7 Å². The smallest absolute Gasteiger partial charge is 0.251 e. The van der Waals surface area contributed by atoms with Crippen LogP contribution in [-0.4, -0.2) is 24.4 Å². The van der Waals surface area contributed by atoms with E-state index in [-0.39, 0.29) is 34.5 Å². The van der Waals surface area contributed by atoms with Gasteiger partial charge in [-0.15, -0.1) is 0 Å². The quantitative estimate of drug-likeness (QED) is 0.761. The summed E-state index contributed by atoms with van der Waals surface area (Å²) >= 11 is 0. The topological polar surface area (TPSA) is 58.2 Å². The number of benzene rings is 1. The van der Waals surface area contributed by atoms with Gasteiger partial charge in [0.25, 0.3) is 5.91 Å². The van der Waals surface area contributed by atoms with Gasteiger partial charge in [-0.3, -0.25) is 9.59 Å². The van der Waals surface area contributed by atoms with Crippen molar-refractivity contribution in [2.75, 3.05) is 6.54 Å². The lowest BCUT2D eigenvalue weighted by Crippen LogP contribution is -2.46. The summed E-state index contributed by atoms with van der Waals surface area (Å²) in [7, 11) is 0. The maximum absolute atomic E-state index is 12.9. The van der Waals surface area contributed by atoms with Crippen LogP contribution in [0.15, 0.2) is 24.3 Å². The molecule has 2 bridgehead atoms. The van der Waals surface area contributed by atoms with E-state index in [9.17, 15) is 14.0 Å². The molecule has 4 nitrogen and oxygen atoms in total. The Hall–Kier alpha value is -1.91. The van der Waals surface area contributed by atoms with E-state index in [0.29, 0.717) is 30.9 Å². The normalized spacial score (nSPS) is 28.8. The number of hydrogen-bond acceptors (Lipinski definition) is 2. The minimum absolute atomic E-state index is 0.0654. The van der Waals surface area contributed by atoms with E-state index in [2.05, 4.69) is 31.4 Å². The first-order chi connectivity index (χ1) is 12.2. The lowest BCUT2D eigenvalue weighted by molar-refractivity contribution is -0.122. The van der Waals surface area contributed by atoms with Crippen LogP contribution in [-0.2, 0) is 4.79 Å². The van der Waals surface area contributed by atoms with Gasteiger partial charge in [0.05, 0.1) is 0 Å². The van der Waals surface area contributed by atoms with Crippen LogP contribution in [0.2, 0.25) is 0 Å². The molecular weight excluding hydrogens is 331 g/mol. The largest absolute Gasteiger partial charge is 0.353 e. The highest BCUT2D eigenvalue weighted by Crippen LogP contribution is 2.65. The maximum atomic E-state index is 12.9. The van der Waals surface area contributed by atoms with Crippen molar-refractivity contribution in [3.05, 3.63) is 35.6 Å². The molecule has 2 amide bonds. The molecule has 2 aliphatic carbocycles. The van der Waals surface area contributed by atoms with Crippen LogP contribution in [0.1, 0.15) is 63.2 Å². The van der Waals surface area contributed by atoms with E-state index in [0.717, 1.165) is 6.42 Å². The van der Waals surface area contributed by atoms with E-state index < -0.39 is 0 Å². The van der Waals surface area contributed by atoms with E-state index in [4.69, 9.17) is 0 Å². The van der Waals surface area contributed by atoms with Gasteiger partial charge in [0.2, 0.25) is 5.91 Å². The number of nitrogens with one attached hydrogen (secondary N) is 2. The third kappa shape index (κ3) is 3.36. The van der Waals surface area contributed by atoms with Crippen molar-refractivity contribution in [2.45, 2.75) is 58.9 Å². The third-order valence-electron chi connectivity index (χ3n) is 7.10. The molecule has 0 radical (unpaired) electrons. The van der Waals surface area contributed by atoms with E-state index in [1.54, 1.807) is 0 Å². The van der Waals surface area contributed by atoms with Gasteiger partial charge in [0.1, 0.15) is 5.82 Å². The van der Waals surface area contributed by atoms with Gasteiger partial charge in [-0.1, -0.05) is 20.8 Å². The second kappa shape index (κ2) is 7.01. The number of hydrogen-bond donors (Lipinski definition) is 2. The fourth-order valence-corrected chi connectivity index (χ4v) is 4.84.